The van der Waals surface area contributed by atoms with E-state index in [0.29, 0.717) is 17.9 Å². The van der Waals surface area contributed by atoms with E-state index in [-0.39, 0.29) is 24.4 Å². The maximum Gasteiger partial charge on any atom is 0.258 e. The predicted molar refractivity (Wildman–Crippen MR) is 99.1 cm³/mol. The number of fused-ring (bicyclic) bond motifs is 3. The fourth-order valence-corrected chi connectivity index (χ4v) is 3.92. The number of nitrogens with zero attached hydrogens (tertiary/aromatic N) is 4. The minimum Gasteiger partial charge on any atom is -0.362 e. The first-order valence-corrected chi connectivity index (χ1v) is 8.85. The number of aromatic nitrogens is 1. The Balaban J connectivity index is 1.66. The first kappa shape index (κ1) is 16.6. The minimum absolute atomic E-state index is 0.0133. The Labute approximate surface area is 153 Å². The van der Waals surface area contributed by atoms with Gasteiger partial charge < -0.3 is 14.7 Å². The fraction of sp³-hybridized carbons (Fsp3) is 0.350. The van der Waals surface area contributed by atoms with Crippen LogP contribution in [0, 0.1) is 0 Å². The topological polar surface area (TPSA) is 56.8 Å². The summed E-state index contributed by atoms with van der Waals surface area (Å²) in [4.78, 5) is 35.6. The molecule has 6 heteroatoms. The van der Waals surface area contributed by atoms with Crippen molar-refractivity contribution in [2.75, 3.05) is 38.6 Å². The smallest absolute Gasteiger partial charge is 0.258 e. The van der Waals surface area contributed by atoms with Crippen molar-refractivity contribution < 1.29 is 9.59 Å². The molecule has 0 bridgehead atoms. The molecule has 1 saturated heterocycles. The van der Waals surface area contributed by atoms with Crippen LogP contribution in [0.2, 0.25) is 0 Å². The van der Waals surface area contributed by atoms with Gasteiger partial charge in [-0.3, -0.25) is 9.59 Å². The van der Waals surface area contributed by atoms with Crippen LogP contribution < -0.4 is 4.90 Å². The summed E-state index contributed by atoms with van der Waals surface area (Å²) in [6.07, 6.45) is 2.55. The minimum atomic E-state index is -0.141. The molecule has 26 heavy (non-hydrogen) atoms. The predicted octanol–water partition coefficient (Wildman–Crippen LogP) is 1.73. The lowest BCUT2D eigenvalue weighted by atomic mass is 9.90. The van der Waals surface area contributed by atoms with Crippen molar-refractivity contribution in [3.05, 3.63) is 59.3 Å². The van der Waals surface area contributed by atoms with Crippen molar-refractivity contribution in [2.24, 2.45) is 0 Å². The molecule has 2 aliphatic rings. The van der Waals surface area contributed by atoms with Crippen molar-refractivity contribution in [3.63, 3.8) is 0 Å². The van der Waals surface area contributed by atoms with Crippen LogP contribution >= 0.6 is 0 Å². The van der Waals surface area contributed by atoms with Gasteiger partial charge >= 0.3 is 0 Å². The summed E-state index contributed by atoms with van der Waals surface area (Å²) in [7, 11) is 3.72. The van der Waals surface area contributed by atoms with Gasteiger partial charge in [0.1, 0.15) is 12.4 Å². The van der Waals surface area contributed by atoms with Crippen LogP contribution in [-0.2, 0) is 11.2 Å². The van der Waals surface area contributed by atoms with Crippen molar-refractivity contribution in [1.29, 1.82) is 0 Å². The Morgan fingerprint density at radius 3 is 2.81 bits per heavy atom. The Morgan fingerprint density at radius 2 is 2.00 bits per heavy atom. The van der Waals surface area contributed by atoms with Gasteiger partial charge in [0.25, 0.3) is 5.91 Å². The average molecular weight is 350 g/mol. The van der Waals surface area contributed by atoms with E-state index in [4.69, 9.17) is 0 Å². The molecule has 0 radical (unpaired) electrons. The van der Waals surface area contributed by atoms with Gasteiger partial charge in [-0.15, -0.1) is 0 Å². The summed E-state index contributed by atoms with van der Waals surface area (Å²) in [6, 6.07) is 11.7. The van der Waals surface area contributed by atoms with E-state index in [0.717, 1.165) is 18.5 Å². The second-order valence-corrected chi connectivity index (χ2v) is 7.01. The van der Waals surface area contributed by atoms with Crippen molar-refractivity contribution in [3.8, 4) is 0 Å². The lowest BCUT2D eigenvalue weighted by Gasteiger charge is -2.44. The molecule has 0 N–H and O–H groups in total. The van der Waals surface area contributed by atoms with E-state index < -0.39 is 0 Å². The summed E-state index contributed by atoms with van der Waals surface area (Å²) in [5, 5.41) is 0. The molecule has 1 aromatic carbocycles. The standard InChI is InChI=1S/C20H22N4O2/c1-22(2)19-16(8-5-10-21-19)20(26)23-12-17-15-7-4-3-6-14(15)9-11-24(17)18(25)13-23/h3-8,10,17H,9,11-13H2,1-2H3. The van der Waals surface area contributed by atoms with Gasteiger partial charge in [-0.25, -0.2) is 4.98 Å². The molecular weight excluding hydrogens is 328 g/mol. The number of rotatable bonds is 2. The van der Waals surface area contributed by atoms with E-state index in [9.17, 15) is 9.59 Å². The Morgan fingerprint density at radius 1 is 1.19 bits per heavy atom. The molecule has 2 aliphatic heterocycles. The molecular formula is C20H22N4O2. The van der Waals surface area contributed by atoms with E-state index in [1.54, 1.807) is 23.2 Å². The van der Waals surface area contributed by atoms with Gasteiger partial charge in [-0.1, -0.05) is 24.3 Å². The van der Waals surface area contributed by atoms with E-state index in [2.05, 4.69) is 17.1 Å². The molecule has 3 heterocycles. The van der Waals surface area contributed by atoms with Gasteiger partial charge in [-0.2, -0.15) is 0 Å². The van der Waals surface area contributed by atoms with Gasteiger partial charge in [0.2, 0.25) is 5.91 Å². The third-order valence-electron chi connectivity index (χ3n) is 5.18. The Kier molecular flexibility index (Phi) is 4.11. The molecule has 1 aromatic heterocycles. The summed E-state index contributed by atoms with van der Waals surface area (Å²) in [5.74, 6) is 0.494. The van der Waals surface area contributed by atoms with Crippen LogP contribution in [0.15, 0.2) is 42.6 Å². The molecule has 0 saturated carbocycles. The van der Waals surface area contributed by atoms with Gasteiger partial charge in [0, 0.05) is 33.4 Å². The highest BCUT2D eigenvalue weighted by atomic mass is 16.2. The summed E-state index contributed by atoms with van der Waals surface area (Å²) in [5.41, 5.74) is 2.96. The largest absolute Gasteiger partial charge is 0.362 e. The third-order valence-corrected chi connectivity index (χ3v) is 5.18. The number of carbonyl (C=O) groups excluding carboxylic acids is 2. The molecule has 134 valence electrons. The highest BCUT2D eigenvalue weighted by Gasteiger charge is 2.39. The van der Waals surface area contributed by atoms with Crippen LogP contribution in [0.5, 0.6) is 0 Å². The lowest BCUT2D eigenvalue weighted by Crippen LogP contribution is -2.55. The van der Waals surface area contributed by atoms with Gasteiger partial charge in [0.05, 0.1) is 11.6 Å². The monoisotopic (exact) mass is 350 g/mol. The normalized spacial score (nSPS) is 19.0. The number of hydrogen-bond acceptors (Lipinski definition) is 4. The average Bonchev–Trinajstić information content (AvgIpc) is 2.67. The molecule has 0 aliphatic carbocycles. The molecule has 4 rings (SSSR count). The lowest BCUT2D eigenvalue weighted by molar-refractivity contribution is -0.139. The maximum absolute atomic E-state index is 13.1. The molecule has 2 amide bonds. The molecule has 1 atom stereocenters. The zero-order valence-corrected chi connectivity index (χ0v) is 15.1. The second-order valence-electron chi connectivity index (χ2n) is 7.01. The van der Waals surface area contributed by atoms with Gasteiger partial charge in [0.15, 0.2) is 0 Å². The fourth-order valence-electron chi connectivity index (χ4n) is 3.92. The number of carbonyl (C=O) groups is 2. The van der Waals surface area contributed by atoms with E-state index in [1.807, 2.05) is 36.0 Å². The third kappa shape index (κ3) is 2.71. The number of piperazine rings is 1. The van der Waals surface area contributed by atoms with E-state index >= 15 is 0 Å². The zero-order chi connectivity index (χ0) is 18.3. The Hall–Kier alpha value is -2.89. The van der Waals surface area contributed by atoms with Crippen LogP contribution in [0.1, 0.15) is 27.5 Å². The van der Waals surface area contributed by atoms with Crippen LogP contribution in [-0.4, -0.2) is 60.3 Å². The highest BCUT2D eigenvalue weighted by Crippen LogP contribution is 2.33. The maximum atomic E-state index is 13.1. The molecule has 2 aromatic rings. The molecule has 0 spiro atoms. The summed E-state index contributed by atoms with van der Waals surface area (Å²) in [6.45, 7) is 1.36. The quantitative estimate of drug-likeness (QED) is 0.828. The molecule has 1 fully saturated rings. The highest BCUT2D eigenvalue weighted by molar-refractivity contribution is 6.01. The van der Waals surface area contributed by atoms with Gasteiger partial charge in [-0.05, 0) is 29.7 Å². The van der Waals surface area contributed by atoms with Crippen LogP contribution in [0.4, 0.5) is 5.82 Å². The second kappa shape index (κ2) is 6.44. The summed E-state index contributed by atoms with van der Waals surface area (Å²) >= 11 is 0. The van der Waals surface area contributed by atoms with Crippen molar-refractivity contribution in [2.45, 2.75) is 12.5 Å². The number of pyridine rings is 1. The zero-order valence-electron chi connectivity index (χ0n) is 15.1. The van der Waals surface area contributed by atoms with Crippen LogP contribution in [0.3, 0.4) is 0 Å². The van der Waals surface area contributed by atoms with Crippen molar-refractivity contribution >= 4 is 17.6 Å². The van der Waals surface area contributed by atoms with Crippen LogP contribution in [0.25, 0.3) is 0 Å². The number of amides is 2. The summed E-state index contributed by atoms with van der Waals surface area (Å²) < 4.78 is 0. The molecule has 6 nitrogen and oxygen atoms in total. The number of hydrogen-bond donors (Lipinski definition) is 0. The first-order chi connectivity index (χ1) is 12.6. The molecule has 1 unspecified atom stereocenters. The first-order valence-electron chi connectivity index (χ1n) is 8.85. The van der Waals surface area contributed by atoms with Crippen molar-refractivity contribution in [1.82, 2.24) is 14.8 Å². The van der Waals surface area contributed by atoms with E-state index in [1.165, 1.54) is 5.56 Å². The number of benzene rings is 1. The Bertz CT molecular complexity index is 864. The SMILES string of the molecule is CN(C)c1ncccc1C(=O)N1CC(=O)N2CCc3ccccc3C2C1. The number of anilines is 1.